The van der Waals surface area contributed by atoms with Crippen LogP contribution >= 0.6 is 0 Å². The Morgan fingerprint density at radius 2 is 2.05 bits per heavy atom. The molecule has 0 bridgehead atoms. The number of carbonyl (C=O) groups excluding carboxylic acids is 1. The Hall–Kier alpha value is -2.28. The van der Waals surface area contributed by atoms with E-state index in [9.17, 15) is 9.59 Å². The number of methoxy groups -OCH3 is 1. The Balaban J connectivity index is 2.74. The largest absolute Gasteiger partial charge is 0.493 e. The second-order valence-corrected chi connectivity index (χ2v) is 3.41. The zero-order valence-corrected chi connectivity index (χ0v) is 10.6. The summed E-state index contributed by atoms with van der Waals surface area (Å²) in [5, 5.41) is 8.37. The maximum absolute atomic E-state index is 11.7. The van der Waals surface area contributed by atoms with Crippen LogP contribution in [0, 0.1) is 0 Å². The van der Waals surface area contributed by atoms with Gasteiger partial charge >= 0.3 is 5.97 Å². The lowest BCUT2D eigenvalue weighted by Crippen LogP contribution is -2.26. The predicted molar refractivity (Wildman–Crippen MR) is 65.2 cm³/mol. The summed E-state index contributed by atoms with van der Waals surface area (Å²) in [6.45, 7) is 1.62. The molecule has 0 aliphatic heterocycles. The average Bonchev–Trinajstić information content (AvgIpc) is 2.38. The first kappa shape index (κ1) is 14.8. The molecule has 104 valence electrons. The van der Waals surface area contributed by atoms with E-state index in [-0.39, 0.29) is 5.56 Å². The van der Waals surface area contributed by atoms with E-state index in [1.54, 1.807) is 6.07 Å². The number of benzene rings is 1. The SMILES string of the molecule is CCOc1cc(C(=O)NOCC(=O)O)ccc1OC. The van der Waals surface area contributed by atoms with Crippen molar-refractivity contribution in [1.29, 1.82) is 0 Å². The van der Waals surface area contributed by atoms with Crippen LogP contribution in [0.15, 0.2) is 18.2 Å². The summed E-state index contributed by atoms with van der Waals surface area (Å²) in [5.41, 5.74) is 2.29. The first-order valence-electron chi connectivity index (χ1n) is 5.53. The van der Waals surface area contributed by atoms with Crippen LogP contribution in [0.3, 0.4) is 0 Å². The molecule has 1 rings (SSSR count). The van der Waals surface area contributed by atoms with Crippen molar-refractivity contribution in [1.82, 2.24) is 5.48 Å². The number of aliphatic carboxylic acids is 1. The van der Waals surface area contributed by atoms with E-state index in [2.05, 4.69) is 4.84 Å². The summed E-state index contributed by atoms with van der Waals surface area (Å²) in [6.07, 6.45) is 0. The summed E-state index contributed by atoms with van der Waals surface area (Å²) in [5.74, 6) is -0.810. The molecular weight excluding hydrogens is 254 g/mol. The molecule has 0 saturated heterocycles. The Morgan fingerprint density at radius 1 is 1.32 bits per heavy atom. The summed E-state index contributed by atoms with van der Waals surface area (Å²) in [6, 6.07) is 4.58. The number of hydrogen-bond donors (Lipinski definition) is 2. The smallest absolute Gasteiger partial charge is 0.332 e. The molecule has 7 heteroatoms. The van der Waals surface area contributed by atoms with E-state index in [4.69, 9.17) is 14.6 Å². The van der Waals surface area contributed by atoms with E-state index < -0.39 is 18.5 Å². The van der Waals surface area contributed by atoms with Gasteiger partial charge < -0.3 is 14.6 Å². The van der Waals surface area contributed by atoms with Gasteiger partial charge in [0.25, 0.3) is 5.91 Å². The number of rotatable bonds is 7. The third-order valence-electron chi connectivity index (χ3n) is 2.09. The number of hydroxylamine groups is 1. The molecule has 1 aromatic rings. The molecule has 0 heterocycles. The highest BCUT2D eigenvalue weighted by molar-refractivity contribution is 5.94. The van der Waals surface area contributed by atoms with E-state index in [0.717, 1.165) is 0 Å². The monoisotopic (exact) mass is 269 g/mol. The van der Waals surface area contributed by atoms with Gasteiger partial charge in [-0.15, -0.1) is 0 Å². The molecule has 1 amide bonds. The second kappa shape index (κ2) is 7.22. The lowest BCUT2D eigenvalue weighted by molar-refractivity contribution is -0.144. The van der Waals surface area contributed by atoms with Crippen molar-refractivity contribution < 1.29 is 29.0 Å². The molecule has 7 nitrogen and oxygen atoms in total. The van der Waals surface area contributed by atoms with Gasteiger partial charge in [-0.05, 0) is 25.1 Å². The molecule has 0 saturated carbocycles. The number of carboxylic acids is 1. The van der Waals surface area contributed by atoms with Crippen LogP contribution in [0.1, 0.15) is 17.3 Å². The van der Waals surface area contributed by atoms with Crippen LogP contribution in [0.4, 0.5) is 0 Å². The fraction of sp³-hybridized carbons (Fsp3) is 0.333. The zero-order chi connectivity index (χ0) is 14.3. The van der Waals surface area contributed by atoms with Crippen molar-refractivity contribution in [3.8, 4) is 11.5 Å². The predicted octanol–water partition coefficient (Wildman–Crippen LogP) is 0.840. The van der Waals surface area contributed by atoms with E-state index in [1.165, 1.54) is 19.2 Å². The second-order valence-electron chi connectivity index (χ2n) is 3.41. The van der Waals surface area contributed by atoms with E-state index in [1.807, 2.05) is 12.4 Å². The molecule has 1 aromatic carbocycles. The molecule has 0 atom stereocenters. The summed E-state index contributed by atoms with van der Waals surface area (Å²) in [7, 11) is 1.49. The Kier molecular flexibility index (Phi) is 5.62. The molecule has 19 heavy (non-hydrogen) atoms. The van der Waals surface area contributed by atoms with Crippen molar-refractivity contribution in [3.05, 3.63) is 23.8 Å². The summed E-state index contributed by atoms with van der Waals surface area (Å²) < 4.78 is 10.4. The van der Waals surface area contributed by atoms with Gasteiger partial charge in [0.05, 0.1) is 13.7 Å². The molecule has 0 fully saturated rings. The molecular formula is C12H15NO6. The number of ether oxygens (including phenoxy) is 2. The zero-order valence-electron chi connectivity index (χ0n) is 10.6. The quantitative estimate of drug-likeness (QED) is 0.712. The van der Waals surface area contributed by atoms with Crippen LogP contribution in [0.5, 0.6) is 11.5 Å². The van der Waals surface area contributed by atoms with Gasteiger partial charge in [-0.25, -0.2) is 10.3 Å². The summed E-state index contributed by atoms with van der Waals surface area (Å²) in [4.78, 5) is 26.4. The average molecular weight is 269 g/mol. The van der Waals surface area contributed by atoms with E-state index >= 15 is 0 Å². The van der Waals surface area contributed by atoms with Gasteiger partial charge in [0.2, 0.25) is 0 Å². The standard InChI is InChI=1S/C12H15NO6/c1-3-18-10-6-8(4-5-9(10)17-2)12(16)13-19-7-11(14)15/h4-6H,3,7H2,1-2H3,(H,13,16)(H,14,15). The molecule has 0 spiro atoms. The van der Waals surface area contributed by atoms with Crippen LogP contribution < -0.4 is 15.0 Å². The fourth-order valence-corrected chi connectivity index (χ4v) is 1.31. The van der Waals surface area contributed by atoms with Gasteiger partial charge in [0, 0.05) is 5.56 Å². The van der Waals surface area contributed by atoms with Crippen molar-refractivity contribution in [3.63, 3.8) is 0 Å². The summed E-state index contributed by atoms with van der Waals surface area (Å²) >= 11 is 0. The van der Waals surface area contributed by atoms with Crippen LogP contribution in [0.2, 0.25) is 0 Å². The molecule has 0 unspecified atom stereocenters. The Labute approximate surface area is 110 Å². The fourth-order valence-electron chi connectivity index (χ4n) is 1.31. The van der Waals surface area contributed by atoms with Crippen molar-refractivity contribution in [2.75, 3.05) is 20.3 Å². The van der Waals surface area contributed by atoms with Gasteiger partial charge in [-0.1, -0.05) is 0 Å². The van der Waals surface area contributed by atoms with Crippen LogP contribution in [0.25, 0.3) is 0 Å². The highest BCUT2D eigenvalue weighted by Crippen LogP contribution is 2.27. The minimum atomic E-state index is -1.18. The van der Waals surface area contributed by atoms with Gasteiger partial charge in [-0.2, -0.15) is 0 Å². The maximum Gasteiger partial charge on any atom is 0.332 e. The Morgan fingerprint density at radius 3 is 2.63 bits per heavy atom. The molecule has 0 aromatic heterocycles. The minimum absolute atomic E-state index is 0.273. The topological polar surface area (TPSA) is 94.1 Å². The molecule has 0 aliphatic carbocycles. The number of carboxylic acid groups (broad SMARTS) is 1. The first-order valence-corrected chi connectivity index (χ1v) is 5.53. The van der Waals surface area contributed by atoms with Crippen molar-refractivity contribution in [2.45, 2.75) is 6.92 Å². The molecule has 0 aliphatic rings. The number of nitrogens with one attached hydrogen (secondary N) is 1. The van der Waals surface area contributed by atoms with E-state index in [0.29, 0.717) is 18.1 Å². The van der Waals surface area contributed by atoms with Crippen molar-refractivity contribution in [2.24, 2.45) is 0 Å². The first-order chi connectivity index (χ1) is 9.08. The third-order valence-corrected chi connectivity index (χ3v) is 2.09. The Bertz CT molecular complexity index is 460. The maximum atomic E-state index is 11.7. The van der Waals surface area contributed by atoms with Crippen molar-refractivity contribution >= 4 is 11.9 Å². The number of amides is 1. The van der Waals surface area contributed by atoms with Crippen LogP contribution in [-0.2, 0) is 9.63 Å². The highest BCUT2D eigenvalue weighted by Gasteiger charge is 2.11. The highest BCUT2D eigenvalue weighted by atomic mass is 16.7. The molecule has 2 N–H and O–H groups in total. The number of hydrogen-bond acceptors (Lipinski definition) is 5. The van der Waals surface area contributed by atoms with Gasteiger partial charge in [0.15, 0.2) is 18.1 Å². The van der Waals surface area contributed by atoms with Crippen LogP contribution in [-0.4, -0.2) is 37.3 Å². The van der Waals surface area contributed by atoms with Gasteiger partial charge in [0.1, 0.15) is 0 Å². The lowest BCUT2D eigenvalue weighted by atomic mass is 10.2. The lowest BCUT2D eigenvalue weighted by Gasteiger charge is -2.11. The minimum Gasteiger partial charge on any atom is -0.493 e. The molecule has 0 radical (unpaired) electrons. The number of carbonyl (C=O) groups is 2. The third kappa shape index (κ3) is 4.47. The normalized spacial score (nSPS) is 9.79. The van der Waals surface area contributed by atoms with Gasteiger partial charge in [-0.3, -0.25) is 9.63 Å².